The molecule has 0 atom stereocenters. The van der Waals surface area contributed by atoms with E-state index in [1.165, 1.54) is 57.4 Å². The van der Waals surface area contributed by atoms with Gasteiger partial charge in [0.25, 0.3) is 0 Å². The van der Waals surface area contributed by atoms with Crippen molar-refractivity contribution >= 4 is 0 Å². The van der Waals surface area contributed by atoms with Crippen molar-refractivity contribution in [3.63, 3.8) is 0 Å². The minimum absolute atomic E-state index is 0.214. The van der Waals surface area contributed by atoms with Crippen LogP contribution >= 0.6 is 0 Å². The highest BCUT2D eigenvalue weighted by Crippen LogP contribution is 2.45. The maximum Gasteiger partial charge on any atom is 0.145 e. The summed E-state index contributed by atoms with van der Waals surface area (Å²) in [7, 11) is 0. The monoisotopic (exact) mass is 343 g/mol. The Morgan fingerprint density at radius 1 is 1.04 bits per heavy atom. The quantitative estimate of drug-likeness (QED) is 0.699. The van der Waals surface area contributed by atoms with Crippen LogP contribution in [0.15, 0.2) is 12.1 Å². The summed E-state index contributed by atoms with van der Waals surface area (Å²) in [6, 6.07) is 4.79. The van der Waals surface area contributed by atoms with Crippen LogP contribution in [-0.4, -0.2) is 5.11 Å². The van der Waals surface area contributed by atoms with E-state index in [0.717, 1.165) is 36.2 Å². The van der Waals surface area contributed by atoms with Crippen molar-refractivity contribution in [2.24, 2.45) is 17.8 Å². The van der Waals surface area contributed by atoms with Crippen molar-refractivity contribution in [3.8, 4) is 11.8 Å². The van der Waals surface area contributed by atoms with Gasteiger partial charge in [-0.1, -0.05) is 32.6 Å². The van der Waals surface area contributed by atoms with E-state index in [2.05, 4.69) is 6.92 Å². The first-order valence-electron chi connectivity index (χ1n) is 10.0. The molecule has 2 aliphatic carbocycles. The predicted molar refractivity (Wildman–Crippen MR) is 97.8 cm³/mol. The summed E-state index contributed by atoms with van der Waals surface area (Å²) in [6.45, 7) is 2.29. The lowest BCUT2D eigenvalue weighted by molar-refractivity contribution is 0.156. The Morgan fingerprint density at radius 3 is 2.16 bits per heavy atom. The molecule has 2 fully saturated rings. The number of rotatable bonds is 4. The lowest BCUT2D eigenvalue weighted by atomic mass is 9.68. The largest absolute Gasteiger partial charge is 0.506 e. The molecule has 3 heteroatoms. The van der Waals surface area contributed by atoms with Gasteiger partial charge in [-0.15, -0.1) is 0 Å². The minimum atomic E-state index is -0.589. The van der Waals surface area contributed by atoms with Crippen molar-refractivity contribution in [2.75, 3.05) is 0 Å². The van der Waals surface area contributed by atoms with E-state index in [1.807, 2.05) is 0 Å². The molecule has 0 bridgehead atoms. The standard InChI is InChI=1S/C22H30FNO/c1-2-3-15-4-6-16(7-5-15)17-8-10-18(11-9-17)19-12-21(23)20(14-24)22(25)13-19/h12-13,15-18,25H,2-11H2,1H3. The second kappa shape index (κ2) is 8.21. The van der Waals surface area contributed by atoms with E-state index < -0.39 is 5.82 Å². The molecule has 0 amide bonds. The Labute approximate surface area is 151 Å². The molecular weight excluding hydrogens is 313 g/mol. The highest BCUT2D eigenvalue weighted by Gasteiger charge is 2.31. The first kappa shape index (κ1) is 18.2. The molecule has 0 aliphatic heterocycles. The predicted octanol–water partition coefficient (Wildman–Crippen LogP) is 6.28. The molecule has 0 radical (unpaired) electrons. The number of nitriles is 1. The zero-order valence-corrected chi connectivity index (χ0v) is 15.3. The Balaban J connectivity index is 1.55. The highest BCUT2D eigenvalue weighted by molar-refractivity contribution is 5.46. The molecule has 2 nitrogen and oxygen atoms in total. The van der Waals surface area contributed by atoms with Crippen molar-refractivity contribution in [2.45, 2.75) is 77.0 Å². The smallest absolute Gasteiger partial charge is 0.145 e. The average molecular weight is 343 g/mol. The van der Waals surface area contributed by atoms with Gasteiger partial charge in [0.2, 0.25) is 0 Å². The molecule has 0 unspecified atom stereocenters. The Bertz CT molecular complexity index is 596. The van der Waals surface area contributed by atoms with Gasteiger partial charge in [0.1, 0.15) is 23.2 Å². The van der Waals surface area contributed by atoms with Gasteiger partial charge in [-0.25, -0.2) is 4.39 Å². The molecule has 1 N–H and O–H groups in total. The third-order valence-electron chi connectivity index (χ3n) is 6.70. The Kier molecular flexibility index (Phi) is 5.99. The fourth-order valence-electron chi connectivity index (χ4n) is 5.24. The summed E-state index contributed by atoms with van der Waals surface area (Å²) >= 11 is 0. The van der Waals surface area contributed by atoms with Gasteiger partial charge in [0.15, 0.2) is 0 Å². The van der Waals surface area contributed by atoms with Crippen molar-refractivity contribution < 1.29 is 9.50 Å². The van der Waals surface area contributed by atoms with Gasteiger partial charge in [-0.2, -0.15) is 5.26 Å². The van der Waals surface area contributed by atoms with Gasteiger partial charge in [-0.05, 0) is 79.9 Å². The molecule has 0 spiro atoms. The number of hydrogen-bond acceptors (Lipinski definition) is 2. The normalized spacial score (nSPS) is 30.0. The zero-order valence-electron chi connectivity index (χ0n) is 15.3. The van der Waals surface area contributed by atoms with Crippen LogP contribution in [0, 0.1) is 34.9 Å². The second-order valence-electron chi connectivity index (χ2n) is 8.19. The van der Waals surface area contributed by atoms with Crippen LogP contribution in [0.2, 0.25) is 0 Å². The van der Waals surface area contributed by atoms with Gasteiger partial charge >= 0.3 is 0 Å². The molecule has 0 aromatic heterocycles. The maximum absolute atomic E-state index is 14.0. The molecule has 0 saturated heterocycles. The van der Waals surface area contributed by atoms with E-state index in [1.54, 1.807) is 12.1 Å². The average Bonchev–Trinajstić information content (AvgIpc) is 2.62. The Hall–Kier alpha value is -1.56. The molecular formula is C22H30FNO. The number of halogens is 1. The number of aromatic hydroxyl groups is 1. The fourth-order valence-corrected chi connectivity index (χ4v) is 5.24. The summed E-state index contributed by atoms with van der Waals surface area (Å²) in [5.74, 6) is 2.20. The first-order valence-corrected chi connectivity index (χ1v) is 10.0. The maximum atomic E-state index is 14.0. The summed E-state index contributed by atoms with van der Waals surface area (Å²) < 4.78 is 14.0. The van der Waals surface area contributed by atoms with Crippen LogP contribution in [0.4, 0.5) is 4.39 Å². The summed E-state index contributed by atoms with van der Waals surface area (Å²) in [6.07, 6.45) is 12.9. The van der Waals surface area contributed by atoms with Gasteiger partial charge < -0.3 is 5.11 Å². The van der Waals surface area contributed by atoms with Crippen molar-refractivity contribution in [3.05, 3.63) is 29.1 Å². The number of nitrogens with zero attached hydrogens (tertiary/aromatic N) is 1. The van der Waals surface area contributed by atoms with Gasteiger partial charge in [0.05, 0.1) is 0 Å². The van der Waals surface area contributed by atoms with Crippen LogP contribution in [0.1, 0.15) is 88.2 Å². The first-order chi connectivity index (χ1) is 12.1. The number of phenols is 1. The van der Waals surface area contributed by atoms with Gasteiger partial charge in [0, 0.05) is 0 Å². The molecule has 2 saturated carbocycles. The van der Waals surface area contributed by atoms with E-state index in [9.17, 15) is 9.50 Å². The molecule has 1 aromatic carbocycles. The Morgan fingerprint density at radius 2 is 1.64 bits per heavy atom. The SMILES string of the molecule is CCCC1CCC(C2CCC(c3cc(O)c(C#N)c(F)c3)CC2)CC1. The fraction of sp³-hybridized carbons (Fsp3) is 0.682. The van der Waals surface area contributed by atoms with Crippen LogP contribution in [-0.2, 0) is 0 Å². The van der Waals surface area contributed by atoms with Crippen LogP contribution in [0.3, 0.4) is 0 Å². The molecule has 2 aliphatic rings. The van der Waals surface area contributed by atoms with Crippen LogP contribution in [0.25, 0.3) is 0 Å². The zero-order chi connectivity index (χ0) is 17.8. The molecule has 0 heterocycles. The number of phenolic OH excluding ortho intramolecular Hbond substituents is 1. The van der Waals surface area contributed by atoms with Crippen molar-refractivity contribution in [1.82, 2.24) is 0 Å². The van der Waals surface area contributed by atoms with E-state index in [4.69, 9.17) is 5.26 Å². The summed E-state index contributed by atoms with van der Waals surface area (Å²) in [5.41, 5.74) is 0.625. The van der Waals surface area contributed by atoms with Gasteiger partial charge in [-0.3, -0.25) is 0 Å². The molecule has 1 aromatic rings. The van der Waals surface area contributed by atoms with E-state index >= 15 is 0 Å². The number of benzene rings is 1. The topological polar surface area (TPSA) is 44.0 Å². The van der Waals surface area contributed by atoms with Crippen LogP contribution in [0.5, 0.6) is 5.75 Å². The van der Waals surface area contributed by atoms with Crippen LogP contribution < -0.4 is 0 Å². The number of hydrogen-bond donors (Lipinski definition) is 1. The highest BCUT2D eigenvalue weighted by atomic mass is 19.1. The third-order valence-corrected chi connectivity index (χ3v) is 6.70. The molecule has 25 heavy (non-hydrogen) atoms. The van der Waals surface area contributed by atoms with Crippen molar-refractivity contribution in [1.29, 1.82) is 5.26 Å². The summed E-state index contributed by atoms with van der Waals surface area (Å²) in [5, 5.41) is 18.7. The lowest BCUT2D eigenvalue weighted by Crippen LogP contribution is -2.25. The van der Waals surface area contributed by atoms with E-state index in [-0.39, 0.29) is 11.3 Å². The van der Waals surface area contributed by atoms with E-state index in [0.29, 0.717) is 5.92 Å². The lowest BCUT2D eigenvalue weighted by Gasteiger charge is -2.38. The molecule has 136 valence electrons. The third kappa shape index (κ3) is 4.17. The minimum Gasteiger partial charge on any atom is -0.506 e. The second-order valence-corrected chi connectivity index (χ2v) is 8.19. The summed E-state index contributed by atoms with van der Waals surface area (Å²) in [4.78, 5) is 0. The molecule has 3 rings (SSSR count).